The first-order chi connectivity index (χ1) is 7.34. The van der Waals surface area contributed by atoms with E-state index in [-0.39, 0.29) is 0 Å². The second-order valence-electron chi connectivity index (χ2n) is 4.78. The van der Waals surface area contributed by atoms with Gasteiger partial charge < -0.3 is 5.32 Å². The summed E-state index contributed by atoms with van der Waals surface area (Å²) in [5.41, 5.74) is 0. The highest BCUT2D eigenvalue weighted by Crippen LogP contribution is 2.27. The van der Waals surface area contributed by atoms with Crippen molar-refractivity contribution < 1.29 is 0 Å². The number of hydrogen-bond acceptors (Lipinski definition) is 3. The Hall–Kier alpha value is -0.900. The molecule has 2 aliphatic rings. The van der Waals surface area contributed by atoms with E-state index in [1.54, 1.807) is 0 Å². The Morgan fingerprint density at radius 1 is 1.40 bits per heavy atom. The molecule has 0 spiro atoms. The van der Waals surface area contributed by atoms with Crippen molar-refractivity contribution >= 4 is 0 Å². The predicted octanol–water partition coefficient (Wildman–Crippen LogP) is 1.25. The van der Waals surface area contributed by atoms with Crippen LogP contribution in [0, 0.1) is 0 Å². The second kappa shape index (κ2) is 3.59. The summed E-state index contributed by atoms with van der Waals surface area (Å²) in [6.45, 7) is 5.49. The van der Waals surface area contributed by atoms with Crippen LogP contribution in [0.4, 0.5) is 0 Å². The van der Waals surface area contributed by atoms with Gasteiger partial charge >= 0.3 is 0 Å². The number of nitrogens with one attached hydrogen (secondary N) is 1. The van der Waals surface area contributed by atoms with Gasteiger partial charge in [-0.15, -0.1) is 0 Å². The van der Waals surface area contributed by atoms with Crippen LogP contribution in [-0.4, -0.2) is 27.9 Å². The minimum absolute atomic E-state index is 0.551. The lowest BCUT2D eigenvalue weighted by Gasteiger charge is -2.17. The van der Waals surface area contributed by atoms with Crippen LogP contribution in [0.3, 0.4) is 0 Å². The SMILES string of the molecule is CC1CCCn2nc(C3CCNC3)nc21. The van der Waals surface area contributed by atoms with Crippen molar-refractivity contribution in [3.63, 3.8) is 0 Å². The lowest BCUT2D eigenvalue weighted by Crippen LogP contribution is -2.14. The van der Waals surface area contributed by atoms with Gasteiger partial charge in [0.2, 0.25) is 0 Å². The van der Waals surface area contributed by atoms with Crippen molar-refractivity contribution in [3.8, 4) is 0 Å². The highest BCUT2D eigenvalue weighted by Gasteiger charge is 2.25. The van der Waals surface area contributed by atoms with Crippen LogP contribution in [0.25, 0.3) is 0 Å². The summed E-state index contributed by atoms with van der Waals surface area (Å²) in [6, 6.07) is 0. The first-order valence-corrected chi connectivity index (χ1v) is 6.00. The zero-order chi connectivity index (χ0) is 10.3. The number of aromatic nitrogens is 3. The topological polar surface area (TPSA) is 42.7 Å². The molecule has 2 aliphatic heterocycles. The molecule has 0 radical (unpaired) electrons. The van der Waals surface area contributed by atoms with Crippen LogP contribution in [0.1, 0.15) is 49.7 Å². The molecule has 3 rings (SSSR count). The minimum atomic E-state index is 0.551. The lowest BCUT2D eigenvalue weighted by molar-refractivity contribution is 0.431. The van der Waals surface area contributed by atoms with Gasteiger partial charge in [-0.3, -0.25) is 0 Å². The minimum Gasteiger partial charge on any atom is -0.316 e. The average Bonchev–Trinajstić information content (AvgIpc) is 2.86. The number of fused-ring (bicyclic) bond motifs is 1. The molecule has 0 aromatic carbocycles. The summed E-state index contributed by atoms with van der Waals surface area (Å²) >= 11 is 0. The summed E-state index contributed by atoms with van der Waals surface area (Å²) in [4.78, 5) is 4.73. The third-order valence-electron chi connectivity index (χ3n) is 3.59. The molecule has 82 valence electrons. The molecular weight excluding hydrogens is 188 g/mol. The molecule has 1 aromatic heterocycles. The smallest absolute Gasteiger partial charge is 0.155 e. The molecule has 0 amide bonds. The van der Waals surface area contributed by atoms with E-state index in [1.807, 2.05) is 0 Å². The summed E-state index contributed by atoms with van der Waals surface area (Å²) < 4.78 is 2.13. The molecule has 1 aromatic rings. The van der Waals surface area contributed by atoms with E-state index in [9.17, 15) is 0 Å². The normalized spacial score (nSPS) is 30.5. The maximum absolute atomic E-state index is 4.73. The molecule has 0 saturated carbocycles. The maximum Gasteiger partial charge on any atom is 0.155 e. The summed E-state index contributed by atoms with van der Waals surface area (Å²) in [5.74, 6) is 3.43. The van der Waals surface area contributed by atoms with Crippen LogP contribution in [-0.2, 0) is 6.54 Å². The molecule has 0 bridgehead atoms. The summed E-state index contributed by atoms with van der Waals surface area (Å²) in [5, 5.41) is 8.02. The van der Waals surface area contributed by atoms with E-state index >= 15 is 0 Å². The molecule has 1 N–H and O–H groups in total. The van der Waals surface area contributed by atoms with Crippen molar-refractivity contribution in [2.45, 2.75) is 44.6 Å². The third-order valence-corrected chi connectivity index (χ3v) is 3.59. The fourth-order valence-electron chi connectivity index (χ4n) is 2.63. The van der Waals surface area contributed by atoms with E-state index in [1.165, 1.54) is 25.1 Å². The van der Waals surface area contributed by atoms with Gasteiger partial charge in [-0.1, -0.05) is 6.92 Å². The first kappa shape index (κ1) is 9.33. The van der Waals surface area contributed by atoms with Gasteiger partial charge in [-0.2, -0.15) is 5.10 Å². The molecule has 15 heavy (non-hydrogen) atoms. The Morgan fingerprint density at radius 2 is 2.33 bits per heavy atom. The molecule has 4 nitrogen and oxygen atoms in total. The second-order valence-corrected chi connectivity index (χ2v) is 4.78. The number of rotatable bonds is 1. The Balaban J connectivity index is 1.90. The van der Waals surface area contributed by atoms with E-state index in [4.69, 9.17) is 4.98 Å². The fraction of sp³-hybridized carbons (Fsp3) is 0.818. The van der Waals surface area contributed by atoms with Gasteiger partial charge in [0, 0.05) is 24.9 Å². The quantitative estimate of drug-likeness (QED) is 0.752. The zero-order valence-corrected chi connectivity index (χ0v) is 9.24. The zero-order valence-electron chi connectivity index (χ0n) is 9.24. The Bertz CT molecular complexity index is 351. The van der Waals surface area contributed by atoms with Crippen LogP contribution >= 0.6 is 0 Å². The van der Waals surface area contributed by atoms with Crippen LogP contribution < -0.4 is 5.32 Å². The van der Waals surface area contributed by atoms with Crippen molar-refractivity contribution in [1.82, 2.24) is 20.1 Å². The largest absolute Gasteiger partial charge is 0.316 e. The van der Waals surface area contributed by atoms with Crippen LogP contribution in [0.2, 0.25) is 0 Å². The van der Waals surface area contributed by atoms with Crippen LogP contribution in [0.15, 0.2) is 0 Å². The van der Waals surface area contributed by atoms with E-state index in [0.29, 0.717) is 11.8 Å². The molecule has 1 saturated heterocycles. The molecule has 0 aliphatic carbocycles. The van der Waals surface area contributed by atoms with Gasteiger partial charge in [0.05, 0.1) is 0 Å². The van der Waals surface area contributed by atoms with Gasteiger partial charge in [0.15, 0.2) is 5.82 Å². The fourth-order valence-corrected chi connectivity index (χ4v) is 2.63. The van der Waals surface area contributed by atoms with Gasteiger partial charge in [0.25, 0.3) is 0 Å². The number of hydrogen-bond donors (Lipinski definition) is 1. The highest BCUT2D eigenvalue weighted by atomic mass is 15.4. The number of aryl methyl sites for hydroxylation is 1. The first-order valence-electron chi connectivity index (χ1n) is 6.00. The third kappa shape index (κ3) is 1.57. The summed E-state index contributed by atoms with van der Waals surface area (Å²) in [7, 11) is 0. The van der Waals surface area contributed by atoms with Crippen molar-refractivity contribution in [1.29, 1.82) is 0 Å². The Morgan fingerprint density at radius 3 is 3.07 bits per heavy atom. The predicted molar refractivity (Wildman–Crippen MR) is 57.9 cm³/mol. The molecule has 1 fully saturated rings. The van der Waals surface area contributed by atoms with E-state index in [0.717, 1.165) is 25.5 Å². The molecule has 3 heterocycles. The molecule has 2 unspecified atom stereocenters. The maximum atomic E-state index is 4.73. The molecule has 2 atom stereocenters. The van der Waals surface area contributed by atoms with Crippen LogP contribution in [0.5, 0.6) is 0 Å². The van der Waals surface area contributed by atoms with Gasteiger partial charge in [-0.05, 0) is 25.8 Å². The summed E-state index contributed by atoms with van der Waals surface area (Å²) in [6.07, 6.45) is 3.71. The molecular formula is C11H18N4. The Labute approximate surface area is 90.1 Å². The van der Waals surface area contributed by atoms with E-state index in [2.05, 4.69) is 22.0 Å². The van der Waals surface area contributed by atoms with Crippen molar-refractivity contribution in [2.75, 3.05) is 13.1 Å². The molecule has 4 heteroatoms. The monoisotopic (exact) mass is 206 g/mol. The Kier molecular flexibility index (Phi) is 2.24. The van der Waals surface area contributed by atoms with Crippen molar-refractivity contribution in [3.05, 3.63) is 11.6 Å². The van der Waals surface area contributed by atoms with E-state index < -0.39 is 0 Å². The number of nitrogens with zero attached hydrogens (tertiary/aromatic N) is 3. The van der Waals surface area contributed by atoms with Gasteiger partial charge in [0.1, 0.15) is 5.82 Å². The average molecular weight is 206 g/mol. The standard InChI is InChI=1S/C11H18N4/c1-8-3-2-6-15-11(8)13-10(14-15)9-4-5-12-7-9/h8-9,12H,2-7H2,1H3. The van der Waals surface area contributed by atoms with Gasteiger partial charge in [-0.25, -0.2) is 9.67 Å². The highest BCUT2D eigenvalue weighted by molar-refractivity contribution is 5.07. The lowest BCUT2D eigenvalue weighted by atomic mass is 10.0. The van der Waals surface area contributed by atoms with Crippen molar-refractivity contribution in [2.24, 2.45) is 0 Å².